The van der Waals surface area contributed by atoms with E-state index < -0.39 is 11.7 Å². The van der Waals surface area contributed by atoms with E-state index >= 15 is 0 Å². The molecule has 0 aliphatic carbocycles. The molecule has 3 rings (SSSR count). The monoisotopic (exact) mass is 326 g/mol. The molecule has 0 saturated carbocycles. The number of thiazole rings is 1. The maximum absolute atomic E-state index is 12.6. The topological polar surface area (TPSA) is 38.9 Å². The Balaban J connectivity index is 1.91. The molecule has 2 aromatic carbocycles. The number of rotatable bonds is 2. The summed E-state index contributed by atoms with van der Waals surface area (Å²) in [6.07, 6.45) is -4.38. The quantitative estimate of drug-likeness (QED) is 0.670. The summed E-state index contributed by atoms with van der Waals surface area (Å²) in [6.45, 7) is 0. The highest BCUT2D eigenvalue weighted by atomic mass is 32.2. The molecule has 7 heteroatoms. The highest BCUT2D eigenvalue weighted by Gasteiger charge is 2.30. The van der Waals surface area contributed by atoms with Gasteiger partial charge in [-0.25, -0.2) is 4.98 Å². The van der Waals surface area contributed by atoms with Gasteiger partial charge in [-0.05, 0) is 30.3 Å². The second kappa shape index (κ2) is 5.23. The van der Waals surface area contributed by atoms with Crippen LogP contribution in [0.5, 0.6) is 0 Å². The molecule has 0 fully saturated rings. The van der Waals surface area contributed by atoms with E-state index in [-0.39, 0.29) is 5.69 Å². The number of nitrogen functional groups attached to an aromatic ring is 1. The standard InChI is InChI=1S/C14H9F3N2S2/c15-14(16,17)8-5-6-11(9(18)7-8)20-13-19-10-3-1-2-4-12(10)21-13/h1-7H,18H2. The molecular formula is C14H9F3N2S2. The van der Waals surface area contributed by atoms with Crippen molar-refractivity contribution in [2.75, 3.05) is 5.73 Å². The van der Waals surface area contributed by atoms with Gasteiger partial charge in [-0.15, -0.1) is 11.3 Å². The predicted molar refractivity (Wildman–Crippen MR) is 79.6 cm³/mol. The summed E-state index contributed by atoms with van der Waals surface area (Å²) in [5.74, 6) is 0. The number of hydrogen-bond donors (Lipinski definition) is 1. The Morgan fingerprint density at radius 1 is 1.10 bits per heavy atom. The van der Waals surface area contributed by atoms with Gasteiger partial charge in [0.25, 0.3) is 0 Å². The molecule has 2 N–H and O–H groups in total. The lowest BCUT2D eigenvalue weighted by Crippen LogP contribution is -2.05. The first-order valence-electron chi connectivity index (χ1n) is 5.93. The fourth-order valence-corrected chi connectivity index (χ4v) is 3.85. The third-order valence-electron chi connectivity index (χ3n) is 2.81. The van der Waals surface area contributed by atoms with Crippen LogP contribution in [0.25, 0.3) is 10.2 Å². The van der Waals surface area contributed by atoms with E-state index in [1.165, 1.54) is 29.2 Å². The average Bonchev–Trinajstić information content (AvgIpc) is 2.82. The minimum Gasteiger partial charge on any atom is -0.398 e. The molecular weight excluding hydrogens is 317 g/mol. The number of nitrogens with two attached hydrogens (primary N) is 1. The maximum Gasteiger partial charge on any atom is 0.416 e. The number of para-hydroxylation sites is 1. The molecule has 1 aromatic heterocycles. The number of hydrogen-bond acceptors (Lipinski definition) is 4. The van der Waals surface area contributed by atoms with Crippen LogP contribution in [-0.4, -0.2) is 4.98 Å². The van der Waals surface area contributed by atoms with Crippen molar-refractivity contribution in [2.24, 2.45) is 0 Å². The van der Waals surface area contributed by atoms with Crippen LogP contribution in [0.1, 0.15) is 5.56 Å². The van der Waals surface area contributed by atoms with Gasteiger partial charge in [-0.2, -0.15) is 13.2 Å². The summed E-state index contributed by atoms with van der Waals surface area (Å²) in [7, 11) is 0. The van der Waals surface area contributed by atoms with Crippen molar-refractivity contribution >= 4 is 39.0 Å². The van der Waals surface area contributed by atoms with E-state index in [0.717, 1.165) is 26.7 Å². The molecule has 0 bridgehead atoms. The van der Waals surface area contributed by atoms with Gasteiger partial charge in [0.15, 0.2) is 4.34 Å². The van der Waals surface area contributed by atoms with Crippen molar-refractivity contribution in [3.05, 3.63) is 48.0 Å². The molecule has 0 radical (unpaired) electrons. The Bertz CT molecular complexity index is 763. The Labute approximate surface area is 126 Å². The zero-order valence-corrected chi connectivity index (χ0v) is 12.1. The lowest BCUT2D eigenvalue weighted by atomic mass is 10.2. The Hall–Kier alpha value is -1.73. The van der Waals surface area contributed by atoms with Crippen LogP contribution in [0.4, 0.5) is 18.9 Å². The molecule has 0 atom stereocenters. The van der Waals surface area contributed by atoms with Gasteiger partial charge in [-0.3, -0.25) is 0 Å². The van der Waals surface area contributed by atoms with Gasteiger partial charge in [0, 0.05) is 10.6 Å². The largest absolute Gasteiger partial charge is 0.416 e. The first kappa shape index (κ1) is 14.2. The molecule has 0 unspecified atom stereocenters. The van der Waals surface area contributed by atoms with E-state index in [1.807, 2.05) is 24.3 Å². The second-order valence-corrected chi connectivity index (χ2v) is 6.62. The third kappa shape index (κ3) is 2.98. The minimum absolute atomic E-state index is 0.106. The summed E-state index contributed by atoms with van der Waals surface area (Å²) in [5.41, 5.74) is 5.95. The van der Waals surface area contributed by atoms with Crippen molar-refractivity contribution < 1.29 is 13.2 Å². The summed E-state index contributed by atoms with van der Waals surface area (Å²) in [4.78, 5) is 5.00. The number of halogens is 3. The predicted octanol–water partition coefficient (Wildman–Crippen LogP) is 5.05. The SMILES string of the molecule is Nc1cc(C(F)(F)F)ccc1Sc1nc2ccccc2s1. The maximum atomic E-state index is 12.6. The highest BCUT2D eigenvalue weighted by Crippen LogP contribution is 2.39. The van der Waals surface area contributed by atoms with Crippen molar-refractivity contribution in [1.29, 1.82) is 0 Å². The second-order valence-electron chi connectivity index (χ2n) is 4.30. The van der Waals surface area contributed by atoms with Gasteiger partial charge < -0.3 is 5.73 Å². The first-order valence-corrected chi connectivity index (χ1v) is 7.57. The highest BCUT2D eigenvalue weighted by molar-refractivity contribution is 8.01. The molecule has 0 aliphatic rings. The van der Waals surface area contributed by atoms with E-state index in [2.05, 4.69) is 4.98 Å². The van der Waals surface area contributed by atoms with Crippen LogP contribution in [0.15, 0.2) is 51.7 Å². The number of alkyl halides is 3. The van der Waals surface area contributed by atoms with Gasteiger partial charge in [0.2, 0.25) is 0 Å². The Kier molecular flexibility index (Phi) is 3.54. The van der Waals surface area contributed by atoms with Crippen LogP contribution < -0.4 is 5.73 Å². The Morgan fingerprint density at radius 2 is 1.86 bits per heavy atom. The molecule has 108 valence electrons. The molecule has 0 amide bonds. The van der Waals surface area contributed by atoms with Crippen molar-refractivity contribution in [3.8, 4) is 0 Å². The smallest absolute Gasteiger partial charge is 0.398 e. The van der Waals surface area contributed by atoms with E-state index in [1.54, 1.807) is 0 Å². The van der Waals surface area contributed by atoms with E-state index in [4.69, 9.17) is 5.73 Å². The summed E-state index contributed by atoms with van der Waals surface area (Å²) in [6, 6.07) is 11.0. The molecule has 0 aliphatic heterocycles. The minimum atomic E-state index is -4.38. The molecule has 2 nitrogen and oxygen atoms in total. The van der Waals surface area contributed by atoms with Gasteiger partial charge in [-0.1, -0.05) is 23.9 Å². The van der Waals surface area contributed by atoms with Crippen LogP contribution in [0.3, 0.4) is 0 Å². The van der Waals surface area contributed by atoms with E-state index in [0.29, 0.717) is 4.90 Å². The molecule has 21 heavy (non-hydrogen) atoms. The van der Waals surface area contributed by atoms with Crippen molar-refractivity contribution in [2.45, 2.75) is 15.4 Å². The van der Waals surface area contributed by atoms with E-state index in [9.17, 15) is 13.2 Å². The lowest BCUT2D eigenvalue weighted by molar-refractivity contribution is -0.137. The summed E-state index contributed by atoms with van der Waals surface area (Å²) >= 11 is 2.76. The van der Waals surface area contributed by atoms with Crippen molar-refractivity contribution in [1.82, 2.24) is 4.98 Å². The van der Waals surface area contributed by atoms with Crippen LogP contribution in [0, 0.1) is 0 Å². The number of fused-ring (bicyclic) bond motifs is 1. The summed E-state index contributed by atoms with van der Waals surface area (Å²) < 4.78 is 39.6. The van der Waals surface area contributed by atoms with Crippen LogP contribution in [-0.2, 0) is 6.18 Å². The zero-order chi connectivity index (χ0) is 15.0. The average molecular weight is 326 g/mol. The number of anilines is 1. The van der Waals surface area contributed by atoms with Crippen molar-refractivity contribution in [3.63, 3.8) is 0 Å². The fourth-order valence-electron chi connectivity index (χ4n) is 1.81. The first-order chi connectivity index (χ1) is 9.93. The molecule has 3 aromatic rings. The zero-order valence-electron chi connectivity index (χ0n) is 10.5. The fraction of sp³-hybridized carbons (Fsp3) is 0.0714. The molecule has 0 spiro atoms. The third-order valence-corrected chi connectivity index (χ3v) is 5.00. The normalized spacial score (nSPS) is 12.0. The number of benzene rings is 2. The molecule has 1 heterocycles. The van der Waals surface area contributed by atoms with Crippen LogP contribution in [0.2, 0.25) is 0 Å². The number of aromatic nitrogens is 1. The van der Waals surface area contributed by atoms with Gasteiger partial charge in [0.05, 0.1) is 15.8 Å². The van der Waals surface area contributed by atoms with Crippen LogP contribution >= 0.6 is 23.1 Å². The van der Waals surface area contributed by atoms with Gasteiger partial charge >= 0.3 is 6.18 Å². The Morgan fingerprint density at radius 3 is 2.52 bits per heavy atom. The molecule has 0 saturated heterocycles. The lowest BCUT2D eigenvalue weighted by Gasteiger charge is -2.09. The number of nitrogens with zero attached hydrogens (tertiary/aromatic N) is 1. The van der Waals surface area contributed by atoms with Gasteiger partial charge in [0.1, 0.15) is 0 Å². The summed E-state index contributed by atoms with van der Waals surface area (Å²) in [5, 5.41) is 0.